The second-order valence-corrected chi connectivity index (χ2v) is 5.91. The molecule has 1 aliphatic heterocycles. The molecule has 1 N–H and O–H groups in total. The Morgan fingerprint density at radius 1 is 1.24 bits per heavy atom. The predicted octanol–water partition coefficient (Wildman–Crippen LogP) is 2.17. The average molecular weight is 289 g/mol. The number of carbonyl (C=O) groups excluding carboxylic acids is 2. The maximum absolute atomic E-state index is 12.4. The number of rotatable bonds is 2. The number of methoxy groups -OCH3 is 1. The number of para-hydroxylation sites is 1. The van der Waals surface area contributed by atoms with Crippen molar-refractivity contribution in [2.75, 3.05) is 13.7 Å². The van der Waals surface area contributed by atoms with Crippen LogP contribution in [0.25, 0.3) is 5.76 Å². The summed E-state index contributed by atoms with van der Waals surface area (Å²) in [5, 5.41) is 10.4. The van der Waals surface area contributed by atoms with Crippen LogP contribution in [0.3, 0.4) is 0 Å². The van der Waals surface area contributed by atoms with Crippen molar-refractivity contribution in [3.05, 3.63) is 35.4 Å². The number of hydrogen-bond donors (Lipinski definition) is 1. The predicted molar refractivity (Wildman–Crippen MR) is 79.0 cm³/mol. The molecular weight excluding hydrogens is 270 g/mol. The van der Waals surface area contributed by atoms with Crippen LogP contribution in [0.1, 0.15) is 26.3 Å². The molecule has 1 amide bonds. The second-order valence-electron chi connectivity index (χ2n) is 5.91. The molecule has 1 saturated heterocycles. The van der Waals surface area contributed by atoms with Gasteiger partial charge in [-0.3, -0.25) is 9.59 Å². The molecule has 5 heteroatoms. The summed E-state index contributed by atoms with van der Waals surface area (Å²) >= 11 is 0. The molecule has 1 aliphatic rings. The number of hydrogen-bond acceptors (Lipinski definition) is 4. The fraction of sp³-hybridized carbons (Fsp3) is 0.375. The molecule has 1 heterocycles. The molecule has 0 aliphatic carbocycles. The van der Waals surface area contributed by atoms with Crippen LogP contribution in [0.5, 0.6) is 5.75 Å². The lowest BCUT2D eigenvalue weighted by Gasteiger charge is -2.30. The number of likely N-dealkylation sites (tertiary alicyclic amines) is 1. The smallest absolute Gasteiger partial charge is 0.262 e. The molecule has 0 saturated carbocycles. The Hall–Kier alpha value is -2.30. The molecule has 1 fully saturated rings. The number of amides is 1. The van der Waals surface area contributed by atoms with E-state index in [0.717, 1.165) is 0 Å². The first-order valence-electron chi connectivity index (χ1n) is 6.69. The van der Waals surface area contributed by atoms with Crippen molar-refractivity contribution in [2.24, 2.45) is 0 Å². The topological polar surface area (TPSA) is 66.8 Å². The monoisotopic (exact) mass is 289 g/mol. The Morgan fingerprint density at radius 3 is 2.38 bits per heavy atom. The summed E-state index contributed by atoms with van der Waals surface area (Å²) in [6.07, 6.45) is 0. The van der Waals surface area contributed by atoms with E-state index in [2.05, 4.69) is 0 Å². The second kappa shape index (κ2) is 5.24. The van der Waals surface area contributed by atoms with E-state index in [1.165, 1.54) is 12.0 Å². The SMILES string of the molecule is COc1ccccc1/C(O)=C1\C(=O)CN(C(C)(C)C)C1=O. The molecule has 0 spiro atoms. The molecule has 0 bridgehead atoms. The number of ketones is 1. The van der Waals surface area contributed by atoms with Crippen LogP contribution < -0.4 is 4.74 Å². The molecule has 1 aromatic rings. The minimum atomic E-state index is -0.477. The Bertz CT molecular complexity index is 625. The Balaban J connectivity index is 2.53. The molecule has 112 valence electrons. The zero-order chi connectivity index (χ0) is 15.8. The summed E-state index contributed by atoms with van der Waals surface area (Å²) in [7, 11) is 1.47. The third-order valence-corrected chi connectivity index (χ3v) is 3.45. The summed E-state index contributed by atoms with van der Waals surface area (Å²) in [5.41, 5.74) is -0.308. The first-order chi connectivity index (χ1) is 9.77. The summed E-state index contributed by atoms with van der Waals surface area (Å²) in [6, 6.07) is 6.74. The lowest BCUT2D eigenvalue weighted by molar-refractivity contribution is -0.129. The highest BCUT2D eigenvalue weighted by Crippen LogP contribution is 2.31. The lowest BCUT2D eigenvalue weighted by Crippen LogP contribution is -2.42. The molecule has 21 heavy (non-hydrogen) atoms. The molecule has 2 rings (SSSR count). The van der Waals surface area contributed by atoms with Crippen molar-refractivity contribution in [3.8, 4) is 5.75 Å². The van der Waals surface area contributed by atoms with E-state index in [4.69, 9.17) is 4.74 Å². The van der Waals surface area contributed by atoms with Crippen molar-refractivity contribution < 1.29 is 19.4 Å². The number of aliphatic hydroxyl groups excluding tert-OH is 1. The Kier molecular flexibility index (Phi) is 3.77. The van der Waals surface area contributed by atoms with Gasteiger partial charge in [0, 0.05) is 5.54 Å². The number of carbonyl (C=O) groups is 2. The van der Waals surface area contributed by atoms with Gasteiger partial charge in [0.25, 0.3) is 5.91 Å². The van der Waals surface area contributed by atoms with Gasteiger partial charge in [0.05, 0.1) is 19.2 Å². The van der Waals surface area contributed by atoms with Gasteiger partial charge in [-0.15, -0.1) is 0 Å². The van der Waals surface area contributed by atoms with Crippen molar-refractivity contribution in [2.45, 2.75) is 26.3 Å². The Morgan fingerprint density at radius 2 is 1.86 bits per heavy atom. The zero-order valence-electron chi connectivity index (χ0n) is 12.6. The van der Waals surface area contributed by atoms with Gasteiger partial charge < -0.3 is 14.7 Å². The first-order valence-corrected chi connectivity index (χ1v) is 6.69. The van der Waals surface area contributed by atoms with Gasteiger partial charge in [-0.2, -0.15) is 0 Å². The highest BCUT2D eigenvalue weighted by molar-refractivity contribution is 6.29. The average Bonchev–Trinajstić information content (AvgIpc) is 2.73. The van der Waals surface area contributed by atoms with Gasteiger partial charge in [-0.1, -0.05) is 12.1 Å². The van der Waals surface area contributed by atoms with Crippen molar-refractivity contribution in [3.63, 3.8) is 0 Å². The molecule has 0 atom stereocenters. The lowest BCUT2D eigenvalue weighted by atomic mass is 10.0. The van der Waals surface area contributed by atoms with E-state index >= 15 is 0 Å². The standard InChI is InChI=1S/C16H19NO4/c1-16(2,3)17-9-11(18)13(15(17)20)14(19)10-7-5-6-8-12(10)21-4/h5-8,19H,9H2,1-4H3/b14-13-. The van der Waals surface area contributed by atoms with Crippen LogP contribution in [0, 0.1) is 0 Å². The van der Waals surface area contributed by atoms with Crippen LogP contribution in [-0.4, -0.2) is 40.9 Å². The minimum Gasteiger partial charge on any atom is -0.506 e. The number of nitrogens with zero attached hydrogens (tertiary/aromatic N) is 1. The number of aliphatic hydroxyl groups is 1. The third kappa shape index (κ3) is 2.63. The summed E-state index contributed by atoms with van der Waals surface area (Å²) in [5.74, 6) is -0.735. The molecule has 1 aromatic carbocycles. The van der Waals surface area contributed by atoms with Crippen LogP contribution >= 0.6 is 0 Å². The molecule has 5 nitrogen and oxygen atoms in total. The third-order valence-electron chi connectivity index (χ3n) is 3.45. The summed E-state index contributed by atoms with van der Waals surface area (Å²) < 4.78 is 5.16. The first kappa shape index (κ1) is 15.1. The van der Waals surface area contributed by atoms with Gasteiger partial charge in [-0.25, -0.2) is 0 Å². The fourth-order valence-corrected chi connectivity index (χ4v) is 2.30. The van der Waals surface area contributed by atoms with E-state index < -0.39 is 11.4 Å². The van der Waals surface area contributed by atoms with E-state index in [-0.39, 0.29) is 23.7 Å². The minimum absolute atomic E-state index is 0.0170. The van der Waals surface area contributed by atoms with E-state index in [1.807, 2.05) is 20.8 Å². The molecule has 0 unspecified atom stereocenters. The maximum Gasteiger partial charge on any atom is 0.262 e. The molecule has 0 aromatic heterocycles. The van der Waals surface area contributed by atoms with E-state index in [9.17, 15) is 14.7 Å². The number of ether oxygens (including phenoxy) is 1. The zero-order valence-corrected chi connectivity index (χ0v) is 12.6. The highest BCUT2D eigenvalue weighted by atomic mass is 16.5. The number of benzene rings is 1. The van der Waals surface area contributed by atoms with Crippen molar-refractivity contribution >= 4 is 17.4 Å². The van der Waals surface area contributed by atoms with Gasteiger partial charge in [-0.05, 0) is 32.9 Å². The largest absolute Gasteiger partial charge is 0.506 e. The van der Waals surface area contributed by atoms with Crippen LogP contribution in [0.2, 0.25) is 0 Å². The van der Waals surface area contributed by atoms with Crippen molar-refractivity contribution in [1.82, 2.24) is 4.90 Å². The highest BCUT2D eigenvalue weighted by Gasteiger charge is 2.42. The normalized spacial score (nSPS) is 18.2. The summed E-state index contributed by atoms with van der Waals surface area (Å²) in [4.78, 5) is 26.0. The van der Waals surface area contributed by atoms with Crippen molar-refractivity contribution in [1.29, 1.82) is 0 Å². The van der Waals surface area contributed by atoms with Gasteiger partial charge >= 0.3 is 0 Å². The summed E-state index contributed by atoms with van der Waals surface area (Å²) in [6.45, 7) is 5.53. The molecular formula is C16H19NO4. The van der Waals surface area contributed by atoms with Gasteiger partial charge in [0.15, 0.2) is 5.78 Å². The fourth-order valence-electron chi connectivity index (χ4n) is 2.30. The van der Waals surface area contributed by atoms with Crippen LogP contribution in [0.15, 0.2) is 29.8 Å². The van der Waals surface area contributed by atoms with E-state index in [0.29, 0.717) is 11.3 Å². The van der Waals surface area contributed by atoms with Crippen LogP contribution in [0.4, 0.5) is 0 Å². The van der Waals surface area contributed by atoms with Crippen LogP contribution in [-0.2, 0) is 9.59 Å². The number of Topliss-reactive ketones (excluding diaryl/α,β-unsaturated/α-hetero) is 1. The van der Waals surface area contributed by atoms with Gasteiger partial charge in [0.2, 0.25) is 0 Å². The van der Waals surface area contributed by atoms with Gasteiger partial charge in [0.1, 0.15) is 17.1 Å². The molecule has 0 radical (unpaired) electrons. The Labute approximate surface area is 123 Å². The van der Waals surface area contributed by atoms with E-state index in [1.54, 1.807) is 24.3 Å². The quantitative estimate of drug-likeness (QED) is 0.515. The maximum atomic E-state index is 12.4.